The second kappa shape index (κ2) is 10.3. The quantitative estimate of drug-likeness (QED) is 0.135. The van der Waals surface area contributed by atoms with E-state index in [2.05, 4.69) is 122 Å². The van der Waals surface area contributed by atoms with Crippen LogP contribution in [-0.2, 0) is 6.42 Å². The second-order valence-electron chi connectivity index (χ2n) is 10.5. The second-order valence-corrected chi connectivity index (χ2v) is 13.9. The summed E-state index contributed by atoms with van der Waals surface area (Å²) in [5.41, 5.74) is 4.03. The molecule has 1 nitrogen and oxygen atoms in total. The maximum absolute atomic E-state index is 5.88. The lowest BCUT2D eigenvalue weighted by atomic mass is 9.92. The summed E-state index contributed by atoms with van der Waals surface area (Å²) < 4.78 is 2.20. The minimum Gasteiger partial charge on any atom is -0.323 e. The van der Waals surface area contributed by atoms with Crippen molar-refractivity contribution in [2.75, 3.05) is 4.90 Å². The zero-order chi connectivity index (χ0) is 26.6. The van der Waals surface area contributed by atoms with Crippen molar-refractivity contribution < 1.29 is 0 Å². The molecule has 0 saturated heterocycles. The first-order valence-corrected chi connectivity index (χ1v) is 16.4. The minimum absolute atomic E-state index is 0.300. The van der Waals surface area contributed by atoms with Gasteiger partial charge in [0.05, 0.1) is 5.69 Å². The zero-order valence-electron chi connectivity index (χ0n) is 21.4. The number of hydrogen-bond acceptors (Lipinski definition) is 3. The highest BCUT2D eigenvalue weighted by Crippen LogP contribution is 2.56. The monoisotopic (exact) mass is 671 g/mol. The van der Waals surface area contributed by atoms with Crippen molar-refractivity contribution in [1.82, 2.24) is 0 Å². The van der Waals surface area contributed by atoms with E-state index >= 15 is 0 Å². The number of aryl methyl sites for hydroxylation is 1. The highest BCUT2D eigenvalue weighted by atomic mass is 79.9. The van der Waals surface area contributed by atoms with Crippen LogP contribution in [0.3, 0.4) is 0 Å². The van der Waals surface area contributed by atoms with Gasteiger partial charge in [-0.15, -0.1) is 0 Å². The third-order valence-electron chi connectivity index (χ3n) is 8.31. The number of hydrogen-bond donors (Lipinski definition) is 0. The Bertz CT molecular complexity index is 1790. The predicted molar refractivity (Wildman–Crippen MR) is 181 cm³/mol. The number of fused-ring (bicyclic) bond motifs is 5. The molecule has 1 unspecified atom stereocenters. The van der Waals surface area contributed by atoms with Crippen LogP contribution in [0, 0.1) is 0 Å². The molecule has 0 amide bonds. The minimum atomic E-state index is -0.300. The molecule has 0 spiro atoms. The number of thioether (sulfide) groups is 1. The van der Waals surface area contributed by atoms with E-state index in [9.17, 15) is 0 Å². The molecule has 5 heteroatoms. The van der Waals surface area contributed by atoms with Crippen molar-refractivity contribution in [2.45, 2.75) is 43.4 Å². The van der Waals surface area contributed by atoms with E-state index in [1.807, 2.05) is 17.1 Å². The van der Waals surface area contributed by atoms with Crippen molar-refractivity contribution >= 4 is 99.2 Å². The van der Waals surface area contributed by atoms with Crippen molar-refractivity contribution in [1.29, 1.82) is 0 Å². The van der Waals surface area contributed by atoms with Crippen LogP contribution in [0.5, 0.6) is 0 Å². The van der Waals surface area contributed by atoms with Crippen LogP contribution in [0.25, 0.3) is 32.3 Å². The van der Waals surface area contributed by atoms with Gasteiger partial charge in [-0.2, -0.15) is 0 Å². The SMILES string of the molecule is S=CC1(CCc2cccc3c2ccc2c4ccccc4ccc32)SC2=C(CCCC2)N1c1c(Br)cccc1Br. The molecule has 5 aromatic rings. The molecule has 1 atom stereocenters. The Morgan fingerprint density at radius 1 is 0.744 bits per heavy atom. The fourth-order valence-electron chi connectivity index (χ4n) is 6.47. The summed E-state index contributed by atoms with van der Waals surface area (Å²) >= 11 is 15.6. The van der Waals surface area contributed by atoms with Crippen LogP contribution in [0.15, 0.2) is 104 Å². The molecule has 0 radical (unpaired) electrons. The Morgan fingerprint density at radius 2 is 1.41 bits per heavy atom. The molecular formula is C34H27Br2NS2. The topological polar surface area (TPSA) is 3.24 Å². The molecule has 2 aliphatic rings. The standard InChI is InChI=1S/C34H27Br2NS2/c35-29-11-6-12-30(36)33(29)37-31-13-3-4-14-32(31)39-34(37,21-38)20-19-23-8-5-10-26-25(23)17-18-27-24-9-2-1-7-22(24)15-16-28(26)27/h1-2,5-12,15-18,21H,3-4,13-14,19-20H2. The number of thiocarbonyl (C=S) groups is 1. The van der Waals surface area contributed by atoms with Gasteiger partial charge in [-0.05, 0) is 120 Å². The molecule has 7 rings (SSSR count). The molecule has 0 N–H and O–H groups in total. The lowest BCUT2D eigenvalue weighted by molar-refractivity contribution is 0.632. The number of para-hydroxylation sites is 1. The molecule has 194 valence electrons. The van der Waals surface area contributed by atoms with Crippen LogP contribution >= 0.6 is 55.8 Å². The van der Waals surface area contributed by atoms with Crippen molar-refractivity contribution in [2.24, 2.45) is 0 Å². The van der Waals surface area contributed by atoms with Crippen LogP contribution in [-0.4, -0.2) is 10.2 Å². The van der Waals surface area contributed by atoms with Gasteiger partial charge in [0.15, 0.2) is 0 Å². The molecule has 0 saturated carbocycles. The van der Waals surface area contributed by atoms with Crippen LogP contribution in [0.2, 0.25) is 0 Å². The van der Waals surface area contributed by atoms with E-state index in [0.717, 1.165) is 34.6 Å². The van der Waals surface area contributed by atoms with E-state index < -0.39 is 0 Å². The number of benzene rings is 5. The van der Waals surface area contributed by atoms with Gasteiger partial charge in [-0.25, -0.2) is 0 Å². The van der Waals surface area contributed by atoms with E-state index in [0.29, 0.717) is 0 Å². The molecule has 0 aromatic heterocycles. The van der Waals surface area contributed by atoms with Crippen LogP contribution < -0.4 is 4.90 Å². The Balaban J connectivity index is 1.31. The van der Waals surface area contributed by atoms with Gasteiger partial charge in [0.25, 0.3) is 0 Å². The number of allylic oxidation sites excluding steroid dienone is 2. The molecular weight excluding hydrogens is 646 g/mol. The fraction of sp³-hybridized carbons (Fsp3) is 0.206. The summed E-state index contributed by atoms with van der Waals surface area (Å²) in [6.45, 7) is 0. The smallest absolute Gasteiger partial charge is 0.124 e. The summed E-state index contributed by atoms with van der Waals surface area (Å²) in [5.74, 6) is 0. The molecule has 5 aromatic carbocycles. The molecule has 0 bridgehead atoms. The van der Waals surface area contributed by atoms with Crippen molar-refractivity contribution in [3.8, 4) is 0 Å². The molecule has 0 fully saturated rings. The first-order valence-electron chi connectivity index (χ1n) is 13.5. The third-order valence-corrected chi connectivity index (χ3v) is 11.7. The van der Waals surface area contributed by atoms with E-state index in [-0.39, 0.29) is 4.87 Å². The maximum atomic E-state index is 5.88. The van der Waals surface area contributed by atoms with Gasteiger partial charge in [-0.3, -0.25) is 0 Å². The average Bonchev–Trinajstić information content (AvgIpc) is 3.30. The van der Waals surface area contributed by atoms with Crippen LogP contribution in [0.4, 0.5) is 5.69 Å². The first-order chi connectivity index (χ1) is 19.1. The summed E-state index contributed by atoms with van der Waals surface area (Å²) in [7, 11) is 0. The van der Waals surface area contributed by atoms with E-state index in [4.69, 9.17) is 12.2 Å². The highest BCUT2D eigenvalue weighted by molar-refractivity contribution is 9.11. The normalized spacial score (nSPS) is 19.3. The van der Waals surface area contributed by atoms with E-state index in [1.54, 1.807) is 0 Å². The predicted octanol–water partition coefficient (Wildman–Crippen LogP) is 11.3. The van der Waals surface area contributed by atoms with Crippen molar-refractivity contribution in [3.05, 3.63) is 110 Å². The Morgan fingerprint density at radius 3 is 2.26 bits per heavy atom. The lowest BCUT2D eigenvalue weighted by Gasteiger charge is -2.39. The third kappa shape index (κ3) is 4.28. The van der Waals surface area contributed by atoms with Gasteiger partial charge < -0.3 is 4.90 Å². The van der Waals surface area contributed by atoms with Crippen molar-refractivity contribution in [3.63, 3.8) is 0 Å². The fourth-order valence-corrected chi connectivity index (χ4v) is 9.72. The Hall–Kier alpha value is -2.18. The van der Waals surface area contributed by atoms with E-state index in [1.165, 1.54) is 67.0 Å². The van der Waals surface area contributed by atoms with Gasteiger partial charge in [0.2, 0.25) is 0 Å². The zero-order valence-corrected chi connectivity index (χ0v) is 26.2. The lowest BCUT2D eigenvalue weighted by Crippen LogP contribution is -2.44. The molecule has 39 heavy (non-hydrogen) atoms. The highest BCUT2D eigenvalue weighted by Gasteiger charge is 2.46. The van der Waals surface area contributed by atoms with Gasteiger partial charge in [-0.1, -0.05) is 96.8 Å². The summed E-state index contributed by atoms with van der Waals surface area (Å²) in [6.07, 6.45) is 6.64. The molecule has 1 aliphatic carbocycles. The average molecular weight is 674 g/mol. The van der Waals surface area contributed by atoms with Crippen LogP contribution in [0.1, 0.15) is 37.7 Å². The Kier molecular flexibility index (Phi) is 6.83. The Labute approximate surface area is 255 Å². The summed E-state index contributed by atoms with van der Waals surface area (Å²) in [5, 5.41) is 9.95. The first kappa shape index (κ1) is 25.8. The number of halogens is 2. The maximum Gasteiger partial charge on any atom is 0.124 e. The summed E-state index contributed by atoms with van der Waals surface area (Å²) in [6, 6.07) is 31.0. The van der Waals surface area contributed by atoms with Gasteiger partial charge in [0.1, 0.15) is 4.87 Å². The number of anilines is 1. The van der Waals surface area contributed by atoms with Gasteiger partial charge >= 0.3 is 0 Å². The number of rotatable bonds is 5. The largest absolute Gasteiger partial charge is 0.323 e. The number of nitrogens with zero attached hydrogens (tertiary/aromatic N) is 1. The molecule has 1 aliphatic heterocycles. The summed E-state index contributed by atoms with van der Waals surface area (Å²) in [4.78, 5) is 3.77. The van der Waals surface area contributed by atoms with Gasteiger partial charge in [0, 0.05) is 24.9 Å². The molecule has 1 heterocycles.